The van der Waals surface area contributed by atoms with Crippen molar-refractivity contribution in [3.05, 3.63) is 0 Å². The summed E-state index contributed by atoms with van der Waals surface area (Å²) in [5.74, 6) is 0.312. The Morgan fingerprint density at radius 3 is 0.768 bits per heavy atom. The van der Waals surface area contributed by atoms with Crippen molar-refractivity contribution >= 4 is 39.5 Å². The quantitative estimate of drug-likeness (QED) is 0.0222. The molecule has 0 aliphatic heterocycles. The molecule has 0 aromatic heterocycles. The molecule has 6 atom stereocenters. The van der Waals surface area contributed by atoms with E-state index in [4.69, 9.17) is 37.0 Å². The fourth-order valence-electron chi connectivity index (χ4n) is 12.3. The molecular weight excluding hydrogens is 1290 g/mol. The number of aliphatic hydroxyl groups is 1. The SMILES string of the molecule is CCCCCCCCCCCC(=O)OC[C@H](COP(=O)(O)OC[C@H](O)COP(=O)(O)OC[C@@H](COC(=O)CCCCCCCCCCCCCCCC(C)C)OC(=O)CCCCCCCCCCCCCCCCC(C)CC)OC(=O)CCCCCCCCCCCCCCCC(C)C. The highest BCUT2D eigenvalue weighted by molar-refractivity contribution is 7.47. The van der Waals surface area contributed by atoms with Gasteiger partial charge in [0, 0.05) is 25.7 Å². The number of rotatable bonds is 78. The zero-order valence-corrected chi connectivity index (χ0v) is 66.8. The van der Waals surface area contributed by atoms with E-state index in [0.29, 0.717) is 25.7 Å². The second-order valence-electron chi connectivity index (χ2n) is 30.0. The summed E-state index contributed by atoms with van der Waals surface area (Å²) in [4.78, 5) is 73.0. The number of phosphoric acid groups is 2. The van der Waals surface area contributed by atoms with Crippen molar-refractivity contribution in [2.24, 2.45) is 17.8 Å². The van der Waals surface area contributed by atoms with Crippen molar-refractivity contribution in [2.45, 2.75) is 433 Å². The van der Waals surface area contributed by atoms with Crippen LogP contribution in [0.25, 0.3) is 0 Å². The normalized spacial score (nSPS) is 14.3. The molecule has 19 heteroatoms. The minimum absolute atomic E-state index is 0.107. The lowest BCUT2D eigenvalue weighted by atomic mass is 9.99. The number of unbranched alkanes of at least 4 members (excludes halogenated alkanes) is 45. The molecule has 0 fully saturated rings. The first-order valence-corrected chi connectivity index (χ1v) is 44.4. The Bertz CT molecular complexity index is 1920. The van der Waals surface area contributed by atoms with E-state index in [1.807, 2.05) is 0 Å². The van der Waals surface area contributed by atoms with Gasteiger partial charge in [-0.05, 0) is 43.4 Å². The summed E-state index contributed by atoms with van der Waals surface area (Å²) in [6, 6.07) is 0. The monoisotopic (exact) mass is 1450 g/mol. The van der Waals surface area contributed by atoms with E-state index in [0.717, 1.165) is 108 Å². The Labute approximate surface area is 607 Å². The molecule has 0 aliphatic rings. The van der Waals surface area contributed by atoms with Gasteiger partial charge in [0.1, 0.15) is 19.3 Å². The average molecular weight is 1450 g/mol. The van der Waals surface area contributed by atoms with Crippen molar-refractivity contribution in [1.82, 2.24) is 0 Å². The van der Waals surface area contributed by atoms with Crippen molar-refractivity contribution in [2.75, 3.05) is 39.6 Å². The van der Waals surface area contributed by atoms with Crippen LogP contribution in [0, 0.1) is 17.8 Å². The standard InChI is InChI=1S/C80H156O17P2/c1-8-10-11-12-13-30-40-47-54-61-77(82)90-67-75(96-80(85)64-57-50-43-36-29-23-17-19-25-32-38-45-52-59-72(5)6)69-94-98(86,87)92-65-74(81)66-93-99(88,89)95-70-76(68-91-78(83)62-55-48-41-34-27-22-16-18-24-31-37-44-51-58-71(3)4)97-79(84)63-56-49-42-35-28-21-15-14-20-26-33-39-46-53-60-73(7)9-2/h71-76,81H,8-70H2,1-7H3,(H,86,87)(H,88,89)/t73?,74-,75+,76+/m0/s1. The Morgan fingerprint density at radius 2 is 0.515 bits per heavy atom. The molecule has 0 spiro atoms. The van der Waals surface area contributed by atoms with Crippen LogP contribution in [-0.2, 0) is 65.4 Å². The topological polar surface area (TPSA) is 237 Å². The fraction of sp³-hybridized carbons (Fsp3) is 0.950. The van der Waals surface area contributed by atoms with Gasteiger partial charge in [-0.2, -0.15) is 0 Å². The van der Waals surface area contributed by atoms with Gasteiger partial charge in [0.2, 0.25) is 0 Å². The third-order valence-corrected chi connectivity index (χ3v) is 20.9. The molecule has 0 heterocycles. The first-order chi connectivity index (χ1) is 47.8. The largest absolute Gasteiger partial charge is 0.472 e. The zero-order chi connectivity index (χ0) is 73.0. The minimum Gasteiger partial charge on any atom is -0.462 e. The van der Waals surface area contributed by atoms with Gasteiger partial charge in [0.05, 0.1) is 26.4 Å². The Hall–Kier alpha value is -1.94. The van der Waals surface area contributed by atoms with Gasteiger partial charge in [-0.3, -0.25) is 37.3 Å². The maximum Gasteiger partial charge on any atom is 0.472 e. The summed E-state index contributed by atoms with van der Waals surface area (Å²) in [5, 5.41) is 10.6. The van der Waals surface area contributed by atoms with E-state index < -0.39 is 97.5 Å². The summed E-state index contributed by atoms with van der Waals surface area (Å²) in [6.45, 7) is 12.0. The molecule has 0 aliphatic carbocycles. The Morgan fingerprint density at radius 1 is 0.293 bits per heavy atom. The Balaban J connectivity index is 5.23. The molecule has 0 saturated carbocycles. The van der Waals surface area contributed by atoms with Gasteiger partial charge in [-0.25, -0.2) is 9.13 Å². The second-order valence-corrected chi connectivity index (χ2v) is 32.9. The number of aliphatic hydroxyl groups excluding tert-OH is 1. The first-order valence-electron chi connectivity index (χ1n) is 41.4. The van der Waals surface area contributed by atoms with Crippen LogP contribution in [-0.4, -0.2) is 96.7 Å². The first kappa shape index (κ1) is 97.1. The summed E-state index contributed by atoms with van der Waals surface area (Å²) >= 11 is 0. The molecule has 99 heavy (non-hydrogen) atoms. The average Bonchev–Trinajstić information content (AvgIpc) is 1.11. The summed E-state index contributed by atoms with van der Waals surface area (Å²) in [6.07, 6.45) is 58.1. The van der Waals surface area contributed by atoms with Gasteiger partial charge >= 0.3 is 39.5 Å². The highest BCUT2D eigenvalue weighted by atomic mass is 31.2. The summed E-state index contributed by atoms with van der Waals surface area (Å²) in [7, 11) is -9.92. The third-order valence-electron chi connectivity index (χ3n) is 19.0. The molecule has 588 valence electrons. The molecule has 0 rings (SSSR count). The van der Waals surface area contributed by atoms with Gasteiger partial charge in [0.15, 0.2) is 12.2 Å². The number of hydrogen-bond donors (Lipinski definition) is 3. The molecule has 3 N–H and O–H groups in total. The van der Waals surface area contributed by atoms with Crippen molar-refractivity contribution in [3.63, 3.8) is 0 Å². The number of hydrogen-bond acceptors (Lipinski definition) is 15. The minimum atomic E-state index is -4.96. The molecule has 0 amide bonds. The Kier molecular flexibility index (Phi) is 69.0. The van der Waals surface area contributed by atoms with Crippen molar-refractivity contribution in [1.29, 1.82) is 0 Å². The van der Waals surface area contributed by atoms with E-state index in [1.54, 1.807) is 0 Å². The van der Waals surface area contributed by atoms with Crippen LogP contribution in [0.2, 0.25) is 0 Å². The lowest BCUT2D eigenvalue weighted by molar-refractivity contribution is -0.161. The lowest BCUT2D eigenvalue weighted by Crippen LogP contribution is -2.30. The number of carbonyl (C=O) groups is 4. The predicted molar refractivity (Wildman–Crippen MR) is 405 cm³/mol. The van der Waals surface area contributed by atoms with E-state index in [2.05, 4.69) is 48.5 Å². The molecule has 0 aromatic carbocycles. The van der Waals surface area contributed by atoms with E-state index >= 15 is 0 Å². The fourth-order valence-corrected chi connectivity index (χ4v) is 13.9. The summed E-state index contributed by atoms with van der Waals surface area (Å²) in [5.41, 5.74) is 0. The molecular formula is C80H156O17P2. The third kappa shape index (κ3) is 72.8. The molecule has 0 radical (unpaired) electrons. The highest BCUT2D eigenvalue weighted by Gasteiger charge is 2.30. The van der Waals surface area contributed by atoms with Gasteiger partial charge in [-0.1, -0.05) is 363 Å². The van der Waals surface area contributed by atoms with Crippen molar-refractivity contribution in [3.8, 4) is 0 Å². The number of phosphoric ester groups is 2. The van der Waals surface area contributed by atoms with E-state index in [9.17, 15) is 43.2 Å². The molecule has 0 saturated heterocycles. The van der Waals surface area contributed by atoms with Crippen LogP contribution in [0.3, 0.4) is 0 Å². The van der Waals surface area contributed by atoms with Crippen LogP contribution in [0.15, 0.2) is 0 Å². The van der Waals surface area contributed by atoms with E-state index in [1.165, 1.54) is 225 Å². The van der Waals surface area contributed by atoms with E-state index in [-0.39, 0.29) is 25.7 Å². The molecule has 0 bridgehead atoms. The van der Waals surface area contributed by atoms with Gasteiger partial charge < -0.3 is 33.8 Å². The van der Waals surface area contributed by atoms with Crippen molar-refractivity contribution < 1.29 is 80.2 Å². The van der Waals surface area contributed by atoms with Crippen LogP contribution in [0.4, 0.5) is 0 Å². The maximum absolute atomic E-state index is 13.1. The lowest BCUT2D eigenvalue weighted by Gasteiger charge is -2.21. The van der Waals surface area contributed by atoms with Gasteiger partial charge in [-0.15, -0.1) is 0 Å². The number of esters is 4. The van der Waals surface area contributed by atoms with Crippen LogP contribution in [0.1, 0.15) is 414 Å². The van der Waals surface area contributed by atoms with Gasteiger partial charge in [0.25, 0.3) is 0 Å². The zero-order valence-electron chi connectivity index (χ0n) is 65.0. The molecule has 17 nitrogen and oxygen atoms in total. The number of carbonyl (C=O) groups excluding carboxylic acids is 4. The van der Waals surface area contributed by atoms with Crippen LogP contribution < -0.4 is 0 Å². The molecule has 0 aromatic rings. The predicted octanol–water partition coefficient (Wildman–Crippen LogP) is 23.7. The molecule has 3 unspecified atom stereocenters. The smallest absolute Gasteiger partial charge is 0.462 e. The second kappa shape index (κ2) is 70.4. The van der Waals surface area contributed by atoms with Crippen LogP contribution in [0.5, 0.6) is 0 Å². The maximum atomic E-state index is 13.1. The highest BCUT2D eigenvalue weighted by Crippen LogP contribution is 2.45. The summed E-state index contributed by atoms with van der Waals surface area (Å²) < 4.78 is 68.7. The number of ether oxygens (including phenoxy) is 4. The van der Waals surface area contributed by atoms with Crippen LogP contribution >= 0.6 is 15.6 Å².